The highest BCUT2D eigenvalue weighted by Crippen LogP contribution is 2.24. The molecule has 54 valence electrons. The lowest BCUT2D eigenvalue weighted by molar-refractivity contribution is -0.116. The van der Waals surface area contributed by atoms with Gasteiger partial charge in [0.15, 0.2) is 0 Å². The number of nitrogens with zero attached hydrogens (tertiary/aromatic N) is 1. The second-order valence-electron chi connectivity index (χ2n) is 1.84. The van der Waals surface area contributed by atoms with E-state index in [1.165, 1.54) is 11.3 Å². The number of thiazole rings is 1. The Balaban J connectivity index is 2.77. The molecule has 2 nitrogen and oxygen atoms in total. The highest BCUT2D eigenvalue weighted by molar-refractivity contribution is 9.09. The van der Waals surface area contributed by atoms with Gasteiger partial charge in [-0.2, -0.15) is 0 Å². The van der Waals surface area contributed by atoms with E-state index in [1.807, 2.05) is 5.38 Å². The molecule has 0 aliphatic heterocycles. The van der Waals surface area contributed by atoms with Crippen molar-refractivity contribution in [3.63, 3.8) is 0 Å². The van der Waals surface area contributed by atoms with Crippen molar-refractivity contribution in [1.82, 2.24) is 4.98 Å². The van der Waals surface area contributed by atoms with Crippen LogP contribution >= 0.6 is 27.3 Å². The highest BCUT2D eigenvalue weighted by Gasteiger charge is 2.13. The molecule has 0 radical (unpaired) electrons. The number of rotatable bonds is 2. The minimum absolute atomic E-state index is 0.0925. The third-order valence-electron chi connectivity index (χ3n) is 1.03. The van der Waals surface area contributed by atoms with Crippen LogP contribution in [0.4, 0.5) is 0 Å². The third kappa shape index (κ3) is 1.64. The van der Waals surface area contributed by atoms with Crippen LogP contribution in [0.2, 0.25) is 0 Å². The number of carbonyl (C=O) groups is 1. The second kappa shape index (κ2) is 3.25. The van der Waals surface area contributed by atoms with E-state index in [1.54, 1.807) is 13.1 Å². The molecule has 0 fully saturated rings. The van der Waals surface area contributed by atoms with E-state index in [0.717, 1.165) is 5.01 Å². The van der Waals surface area contributed by atoms with E-state index in [0.29, 0.717) is 0 Å². The van der Waals surface area contributed by atoms with E-state index >= 15 is 0 Å². The first-order valence-electron chi connectivity index (χ1n) is 2.75. The fraction of sp³-hybridized carbons (Fsp3) is 0.333. The topological polar surface area (TPSA) is 30.0 Å². The maximum atomic E-state index is 10.8. The van der Waals surface area contributed by atoms with E-state index < -0.39 is 0 Å². The molecule has 0 bridgehead atoms. The van der Waals surface area contributed by atoms with Gasteiger partial charge in [-0.25, -0.2) is 4.98 Å². The Morgan fingerprint density at radius 2 is 2.60 bits per heavy atom. The molecule has 1 rings (SSSR count). The summed E-state index contributed by atoms with van der Waals surface area (Å²) in [6.45, 7) is 1.54. The van der Waals surface area contributed by atoms with E-state index in [-0.39, 0.29) is 10.6 Å². The van der Waals surface area contributed by atoms with Crippen molar-refractivity contribution in [2.24, 2.45) is 0 Å². The van der Waals surface area contributed by atoms with Gasteiger partial charge in [-0.1, -0.05) is 15.9 Å². The first-order valence-corrected chi connectivity index (χ1v) is 4.55. The Kier molecular flexibility index (Phi) is 2.56. The largest absolute Gasteiger partial charge is 0.298 e. The predicted molar refractivity (Wildman–Crippen MR) is 44.5 cm³/mol. The van der Waals surface area contributed by atoms with Crippen molar-refractivity contribution < 1.29 is 4.79 Å². The molecule has 0 aliphatic rings. The fourth-order valence-corrected chi connectivity index (χ4v) is 1.64. The summed E-state index contributed by atoms with van der Waals surface area (Å²) in [5.74, 6) is 0.0925. The van der Waals surface area contributed by atoms with Gasteiger partial charge in [0.25, 0.3) is 0 Å². The summed E-state index contributed by atoms with van der Waals surface area (Å²) in [7, 11) is 0. The third-order valence-corrected chi connectivity index (χ3v) is 3.25. The van der Waals surface area contributed by atoms with Gasteiger partial charge in [-0.15, -0.1) is 11.3 Å². The molecular weight excluding hydrogens is 214 g/mol. The Bertz CT molecular complexity index is 222. The van der Waals surface area contributed by atoms with E-state index in [2.05, 4.69) is 20.9 Å². The van der Waals surface area contributed by atoms with Crippen molar-refractivity contribution in [2.45, 2.75) is 11.8 Å². The number of carbonyl (C=O) groups excluding carboxylic acids is 1. The van der Waals surface area contributed by atoms with Gasteiger partial charge in [0, 0.05) is 11.6 Å². The van der Waals surface area contributed by atoms with Gasteiger partial charge in [0.1, 0.15) is 15.6 Å². The molecule has 0 saturated heterocycles. The zero-order valence-corrected chi connectivity index (χ0v) is 7.78. The maximum absolute atomic E-state index is 10.8. The minimum Gasteiger partial charge on any atom is -0.298 e. The maximum Gasteiger partial charge on any atom is 0.150 e. The van der Waals surface area contributed by atoms with Gasteiger partial charge < -0.3 is 0 Å². The molecule has 0 amide bonds. The summed E-state index contributed by atoms with van der Waals surface area (Å²) in [5, 5.41) is 2.68. The molecule has 0 spiro atoms. The molecule has 4 heteroatoms. The van der Waals surface area contributed by atoms with Crippen LogP contribution < -0.4 is 0 Å². The van der Waals surface area contributed by atoms with Crippen molar-refractivity contribution in [3.05, 3.63) is 16.6 Å². The first-order chi connectivity index (χ1) is 4.72. The molecule has 0 saturated carbocycles. The zero-order valence-electron chi connectivity index (χ0n) is 5.37. The van der Waals surface area contributed by atoms with Gasteiger partial charge in [0.2, 0.25) is 0 Å². The van der Waals surface area contributed by atoms with Crippen LogP contribution in [0.1, 0.15) is 16.8 Å². The second-order valence-corrected chi connectivity index (χ2v) is 3.69. The molecule has 10 heavy (non-hydrogen) atoms. The molecule has 1 aromatic heterocycles. The molecule has 1 atom stereocenters. The van der Waals surface area contributed by atoms with Crippen molar-refractivity contribution in [3.8, 4) is 0 Å². The van der Waals surface area contributed by atoms with Crippen LogP contribution in [0.25, 0.3) is 0 Å². The quantitative estimate of drug-likeness (QED) is 0.715. The van der Waals surface area contributed by atoms with Crippen molar-refractivity contribution >= 4 is 33.0 Å². The summed E-state index contributed by atoms with van der Waals surface area (Å²) >= 11 is 4.71. The Hall–Kier alpha value is -0.220. The van der Waals surface area contributed by atoms with Crippen LogP contribution in [0.15, 0.2) is 11.6 Å². The average Bonchev–Trinajstić information content (AvgIpc) is 2.36. The van der Waals surface area contributed by atoms with Crippen LogP contribution in [-0.2, 0) is 4.79 Å². The van der Waals surface area contributed by atoms with E-state index in [9.17, 15) is 4.79 Å². The molecule has 0 N–H and O–H groups in total. The van der Waals surface area contributed by atoms with Crippen LogP contribution in [-0.4, -0.2) is 10.8 Å². The molecule has 0 aliphatic carbocycles. The molecule has 1 aromatic rings. The number of halogens is 1. The Morgan fingerprint density at radius 3 is 3.00 bits per heavy atom. The average molecular weight is 220 g/mol. The van der Waals surface area contributed by atoms with Crippen molar-refractivity contribution in [2.75, 3.05) is 0 Å². The monoisotopic (exact) mass is 219 g/mol. The van der Waals surface area contributed by atoms with Gasteiger partial charge >= 0.3 is 0 Å². The smallest absolute Gasteiger partial charge is 0.150 e. The van der Waals surface area contributed by atoms with Gasteiger partial charge in [-0.05, 0) is 6.92 Å². The molecule has 0 aromatic carbocycles. The number of hydrogen-bond donors (Lipinski definition) is 0. The number of aromatic nitrogens is 1. The number of hydrogen-bond acceptors (Lipinski definition) is 3. The zero-order chi connectivity index (χ0) is 7.56. The fourth-order valence-electron chi connectivity index (χ4n) is 0.534. The number of Topliss-reactive ketones (excluding diaryl/α,β-unsaturated/α-hetero) is 1. The Morgan fingerprint density at radius 1 is 1.90 bits per heavy atom. The van der Waals surface area contributed by atoms with Gasteiger partial charge in [-0.3, -0.25) is 4.79 Å². The summed E-state index contributed by atoms with van der Waals surface area (Å²) in [6, 6.07) is 0. The number of alkyl halides is 1. The summed E-state index contributed by atoms with van der Waals surface area (Å²) < 4.78 is 0. The SMILES string of the molecule is CC(=O)C(Br)c1nccs1. The predicted octanol–water partition coefficient (Wildman–Crippen LogP) is 2.17. The lowest BCUT2D eigenvalue weighted by Gasteiger charge is -1.97. The summed E-state index contributed by atoms with van der Waals surface area (Å²) in [6.07, 6.45) is 1.69. The summed E-state index contributed by atoms with van der Waals surface area (Å²) in [5.41, 5.74) is 0. The van der Waals surface area contributed by atoms with E-state index in [4.69, 9.17) is 0 Å². The van der Waals surface area contributed by atoms with Crippen LogP contribution in [0.3, 0.4) is 0 Å². The Labute approximate surface area is 71.4 Å². The molecule has 1 heterocycles. The van der Waals surface area contributed by atoms with Crippen molar-refractivity contribution in [1.29, 1.82) is 0 Å². The summed E-state index contributed by atoms with van der Waals surface area (Å²) in [4.78, 5) is 14.5. The molecular formula is C6H6BrNOS. The molecule has 1 unspecified atom stereocenters. The van der Waals surface area contributed by atoms with Crippen LogP contribution in [0, 0.1) is 0 Å². The van der Waals surface area contributed by atoms with Crippen LogP contribution in [0.5, 0.6) is 0 Å². The van der Waals surface area contributed by atoms with Gasteiger partial charge in [0.05, 0.1) is 0 Å². The lowest BCUT2D eigenvalue weighted by Crippen LogP contribution is -1.99. The number of ketones is 1. The minimum atomic E-state index is -0.215. The normalized spacial score (nSPS) is 13.0. The standard InChI is InChI=1S/C6H6BrNOS/c1-4(9)5(7)6-8-2-3-10-6/h2-3,5H,1H3. The lowest BCUT2D eigenvalue weighted by atomic mass is 10.3. The highest BCUT2D eigenvalue weighted by atomic mass is 79.9. The first kappa shape index (κ1) is 7.88.